The first-order valence-corrected chi connectivity index (χ1v) is 8.11. The number of hydrogen-bond acceptors (Lipinski definition) is 5. The summed E-state index contributed by atoms with van der Waals surface area (Å²) in [5, 5.41) is 10.1. The van der Waals surface area contributed by atoms with Gasteiger partial charge in [-0.1, -0.05) is 6.07 Å². The lowest BCUT2D eigenvalue weighted by Crippen LogP contribution is -2.06. The van der Waals surface area contributed by atoms with Gasteiger partial charge in [-0.2, -0.15) is 0 Å². The van der Waals surface area contributed by atoms with Crippen molar-refractivity contribution in [2.24, 2.45) is 0 Å². The van der Waals surface area contributed by atoms with Crippen LogP contribution in [-0.2, 0) is 0 Å². The molecule has 0 atom stereocenters. The third-order valence-electron chi connectivity index (χ3n) is 4.31. The molecule has 3 aromatic rings. The number of carboxylic acids is 1. The van der Waals surface area contributed by atoms with E-state index in [9.17, 15) is 14.7 Å². The Morgan fingerprint density at radius 3 is 2.22 bits per heavy atom. The molecule has 0 bridgehead atoms. The lowest BCUT2D eigenvalue weighted by Gasteiger charge is -2.18. The maximum absolute atomic E-state index is 12.3. The molecule has 2 N–H and O–H groups in total. The number of rotatable bonds is 5. The first-order chi connectivity index (χ1) is 12.9. The number of fused-ring (bicyclic) bond motifs is 1. The second-order valence-corrected chi connectivity index (χ2v) is 5.95. The van der Waals surface area contributed by atoms with Gasteiger partial charge in [0.15, 0.2) is 16.9 Å². The predicted molar refractivity (Wildman–Crippen MR) is 101 cm³/mol. The van der Waals surface area contributed by atoms with Crippen LogP contribution in [0.1, 0.15) is 16.1 Å². The number of aromatic carboxylic acids is 1. The van der Waals surface area contributed by atoms with Crippen LogP contribution >= 0.6 is 0 Å². The van der Waals surface area contributed by atoms with Crippen LogP contribution in [-0.4, -0.2) is 37.4 Å². The molecule has 1 heterocycles. The zero-order valence-corrected chi connectivity index (χ0v) is 15.4. The highest BCUT2D eigenvalue weighted by molar-refractivity contribution is 5.97. The van der Waals surface area contributed by atoms with Gasteiger partial charge >= 0.3 is 5.97 Å². The Balaban J connectivity index is 2.36. The first kappa shape index (κ1) is 18.3. The van der Waals surface area contributed by atoms with E-state index < -0.39 is 5.97 Å². The molecule has 0 unspecified atom stereocenters. The second kappa shape index (κ2) is 7.03. The van der Waals surface area contributed by atoms with Gasteiger partial charge in [0.05, 0.1) is 21.3 Å². The lowest BCUT2D eigenvalue weighted by atomic mass is 9.98. The summed E-state index contributed by atoms with van der Waals surface area (Å²) in [6, 6.07) is 8.22. The topological polar surface area (TPSA) is 97.9 Å². The van der Waals surface area contributed by atoms with Crippen molar-refractivity contribution in [1.29, 1.82) is 0 Å². The summed E-state index contributed by atoms with van der Waals surface area (Å²) in [6.45, 7) is 1.81. The minimum atomic E-state index is -1.16. The molecule has 0 aliphatic rings. The molecule has 0 saturated heterocycles. The van der Waals surface area contributed by atoms with E-state index in [0.29, 0.717) is 27.8 Å². The highest BCUT2D eigenvalue weighted by Gasteiger charge is 2.25. The molecule has 140 valence electrons. The summed E-state index contributed by atoms with van der Waals surface area (Å²) in [6.07, 6.45) is 0. The molecule has 7 heteroatoms. The largest absolute Gasteiger partial charge is 0.492 e. The molecule has 0 amide bonds. The van der Waals surface area contributed by atoms with Crippen molar-refractivity contribution in [1.82, 2.24) is 4.98 Å². The molecular weight excluding hydrogens is 350 g/mol. The Labute approximate surface area is 155 Å². The van der Waals surface area contributed by atoms with Gasteiger partial charge in [-0.05, 0) is 30.7 Å². The van der Waals surface area contributed by atoms with Crippen LogP contribution in [0.3, 0.4) is 0 Å². The highest BCUT2D eigenvalue weighted by atomic mass is 16.5. The average molecular weight is 369 g/mol. The SMILES string of the molecule is COc1c(C(=O)O)cc(-c2ccc3[nH]c(C)cc(=O)c3c2)c(OC)c1OC. The summed E-state index contributed by atoms with van der Waals surface area (Å²) in [4.78, 5) is 27.2. The summed E-state index contributed by atoms with van der Waals surface area (Å²) in [7, 11) is 4.23. The number of carboxylic acid groups (broad SMARTS) is 1. The van der Waals surface area contributed by atoms with Gasteiger partial charge < -0.3 is 24.3 Å². The van der Waals surface area contributed by atoms with Crippen LogP contribution in [0.2, 0.25) is 0 Å². The zero-order chi connectivity index (χ0) is 19.7. The molecule has 0 aliphatic heterocycles. The van der Waals surface area contributed by atoms with E-state index in [2.05, 4.69) is 4.98 Å². The molecule has 0 aliphatic carbocycles. The van der Waals surface area contributed by atoms with Crippen LogP contribution < -0.4 is 19.6 Å². The smallest absolute Gasteiger partial charge is 0.339 e. The molecule has 1 aromatic heterocycles. The summed E-state index contributed by atoms with van der Waals surface area (Å²) in [5.41, 5.74) is 2.37. The zero-order valence-electron chi connectivity index (χ0n) is 15.4. The summed E-state index contributed by atoms with van der Waals surface area (Å²) in [5.74, 6) is -0.599. The molecular formula is C20H19NO6. The van der Waals surface area contributed by atoms with E-state index in [-0.39, 0.29) is 22.5 Å². The number of methoxy groups -OCH3 is 3. The number of hydrogen-bond donors (Lipinski definition) is 2. The van der Waals surface area contributed by atoms with Gasteiger partial charge in [0.2, 0.25) is 5.75 Å². The fraction of sp³-hybridized carbons (Fsp3) is 0.200. The number of benzene rings is 2. The van der Waals surface area contributed by atoms with Crippen molar-refractivity contribution in [3.63, 3.8) is 0 Å². The standard InChI is InChI=1S/C20H19NO6/c1-10-7-16(22)13-8-11(5-6-15(13)21-10)12-9-14(20(23)24)18(26-3)19(27-4)17(12)25-2/h5-9H,1-4H3,(H,21,22)(H,23,24). The number of aromatic amines is 1. The Bertz CT molecular complexity index is 1100. The molecule has 0 radical (unpaired) electrons. The third kappa shape index (κ3) is 3.08. The summed E-state index contributed by atoms with van der Waals surface area (Å²) >= 11 is 0. The fourth-order valence-electron chi connectivity index (χ4n) is 3.13. The minimum Gasteiger partial charge on any atom is -0.492 e. The van der Waals surface area contributed by atoms with Crippen molar-refractivity contribution < 1.29 is 24.1 Å². The Morgan fingerprint density at radius 2 is 1.63 bits per heavy atom. The van der Waals surface area contributed by atoms with Crippen LogP contribution in [0, 0.1) is 6.92 Å². The molecule has 2 aromatic carbocycles. The first-order valence-electron chi connectivity index (χ1n) is 8.11. The highest BCUT2D eigenvalue weighted by Crippen LogP contribution is 2.46. The minimum absolute atomic E-state index is 0.0666. The molecule has 27 heavy (non-hydrogen) atoms. The van der Waals surface area contributed by atoms with E-state index in [0.717, 1.165) is 5.69 Å². The number of ether oxygens (including phenoxy) is 3. The number of nitrogens with one attached hydrogen (secondary N) is 1. The van der Waals surface area contributed by atoms with Crippen LogP contribution in [0.15, 0.2) is 35.1 Å². The maximum atomic E-state index is 12.3. The van der Waals surface area contributed by atoms with Gasteiger partial charge in [0.1, 0.15) is 5.56 Å². The monoisotopic (exact) mass is 369 g/mol. The number of carbonyl (C=O) groups is 1. The van der Waals surface area contributed by atoms with Crippen molar-refractivity contribution in [3.8, 4) is 28.4 Å². The summed E-state index contributed by atoms with van der Waals surface area (Å²) < 4.78 is 16.1. The third-order valence-corrected chi connectivity index (χ3v) is 4.31. The second-order valence-electron chi connectivity index (χ2n) is 5.95. The van der Waals surface area contributed by atoms with Crippen LogP contribution in [0.5, 0.6) is 17.2 Å². The van der Waals surface area contributed by atoms with Gasteiger partial charge in [-0.3, -0.25) is 4.79 Å². The normalized spacial score (nSPS) is 10.7. The number of H-pyrrole nitrogens is 1. The van der Waals surface area contributed by atoms with E-state index in [1.54, 1.807) is 18.2 Å². The molecule has 3 rings (SSSR count). The van der Waals surface area contributed by atoms with E-state index >= 15 is 0 Å². The average Bonchev–Trinajstić information content (AvgIpc) is 2.65. The fourth-order valence-corrected chi connectivity index (χ4v) is 3.13. The van der Waals surface area contributed by atoms with Crippen LogP contribution in [0.25, 0.3) is 22.0 Å². The van der Waals surface area contributed by atoms with Gasteiger partial charge in [-0.15, -0.1) is 0 Å². The number of aromatic nitrogens is 1. The quantitative estimate of drug-likeness (QED) is 0.717. The molecule has 0 saturated carbocycles. The Kier molecular flexibility index (Phi) is 4.77. The number of aryl methyl sites for hydroxylation is 1. The number of pyridine rings is 1. The van der Waals surface area contributed by atoms with Crippen molar-refractivity contribution >= 4 is 16.9 Å². The molecule has 0 spiro atoms. The Hall–Kier alpha value is -3.48. The van der Waals surface area contributed by atoms with Gasteiger partial charge in [0, 0.05) is 28.2 Å². The van der Waals surface area contributed by atoms with Crippen molar-refractivity contribution in [2.75, 3.05) is 21.3 Å². The van der Waals surface area contributed by atoms with Crippen molar-refractivity contribution in [2.45, 2.75) is 6.92 Å². The maximum Gasteiger partial charge on any atom is 0.339 e. The van der Waals surface area contributed by atoms with Gasteiger partial charge in [-0.25, -0.2) is 4.79 Å². The predicted octanol–water partition coefficient (Wildman–Crippen LogP) is 3.23. The lowest BCUT2D eigenvalue weighted by molar-refractivity contribution is 0.0692. The van der Waals surface area contributed by atoms with E-state index in [1.165, 1.54) is 33.5 Å². The van der Waals surface area contributed by atoms with Crippen molar-refractivity contribution in [3.05, 3.63) is 51.8 Å². The Morgan fingerprint density at radius 1 is 0.963 bits per heavy atom. The molecule has 7 nitrogen and oxygen atoms in total. The molecule has 0 fully saturated rings. The van der Waals surface area contributed by atoms with Gasteiger partial charge in [0.25, 0.3) is 0 Å². The van der Waals surface area contributed by atoms with E-state index in [1.807, 2.05) is 6.92 Å². The van der Waals surface area contributed by atoms with Crippen LogP contribution in [0.4, 0.5) is 0 Å². The van der Waals surface area contributed by atoms with E-state index in [4.69, 9.17) is 14.2 Å².